The second kappa shape index (κ2) is 10.7. The Labute approximate surface area is 200 Å². The molecular formula is C21H21Cl2FN2O6S. The highest BCUT2D eigenvalue weighted by molar-refractivity contribution is 7.89. The van der Waals surface area contributed by atoms with Crippen LogP contribution in [0, 0.1) is 5.82 Å². The molecule has 12 heteroatoms. The number of benzene rings is 2. The number of hydrogen-bond donors (Lipinski definition) is 1. The summed E-state index contributed by atoms with van der Waals surface area (Å²) in [5.74, 6) is -1.71. The van der Waals surface area contributed by atoms with E-state index in [1.165, 1.54) is 48.4 Å². The van der Waals surface area contributed by atoms with E-state index < -0.39 is 39.9 Å². The van der Waals surface area contributed by atoms with Crippen LogP contribution in [0.25, 0.3) is 0 Å². The maximum atomic E-state index is 13.9. The number of rotatable bonds is 8. The molecular weight excluding hydrogens is 498 g/mol. The van der Waals surface area contributed by atoms with Crippen LogP contribution < -0.4 is 9.46 Å². The van der Waals surface area contributed by atoms with Gasteiger partial charge in [0.2, 0.25) is 15.9 Å². The van der Waals surface area contributed by atoms with Gasteiger partial charge in [0.1, 0.15) is 17.0 Å². The van der Waals surface area contributed by atoms with Crippen molar-refractivity contribution in [2.45, 2.75) is 29.9 Å². The lowest BCUT2D eigenvalue weighted by Gasteiger charge is -2.22. The highest BCUT2D eigenvalue weighted by atomic mass is 35.5. The Bertz CT molecular complexity index is 1130. The average molecular weight is 519 g/mol. The number of para-hydroxylation sites is 1. The van der Waals surface area contributed by atoms with Gasteiger partial charge >= 0.3 is 5.97 Å². The maximum Gasteiger partial charge on any atom is 0.328 e. The third-order valence-corrected chi connectivity index (χ3v) is 7.42. The summed E-state index contributed by atoms with van der Waals surface area (Å²) in [6.45, 7) is -0.248. The number of carbonyl (C=O) groups is 2. The van der Waals surface area contributed by atoms with Gasteiger partial charge in [-0.05, 0) is 24.3 Å². The average Bonchev–Trinajstić information content (AvgIpc) is 3.18. The molecule has 0 aromatic heterocycles. The minimum atomic E-state index is -4.07. The molecule has 1 aliphatic heterocycles. The molecule has 3 rings (SSSR count). The smallest absolute Gasteiger partial charge is 0.328 e. The highest BCUT2D eigenvalue weighted by Gasteiger charge is 2.41. The summed E-state index contributed by atoms with van der Waals surface area (Å²) in [5, 5.41) is -0.112. The first-order valence-electron chi connectivity index (χ1n) is 9.86. The number of likely N-dealkylation sites (tertiary alicyclic amines) is 1. The van der Waals surface area contributed by atoms with Crippen LogP contribution in [0.3, 0.4) is 0 Å². The first kappa shape index (κ1) is 25.2. The number of sulfonamides is 1. The van der Waals surface area contributed by atoms with Crippen molar-refractivity contribution in [1.82, 2.24) is 9.62 Å². The Kier molecular flexibility index (Phi) is 8.17. The van der Waals surface area contributed by atoms with Crippen molar-refractivity contribution in [2.75, 3.05) is 20.2 Å². The van der Waals surface area contributed by atoms with Gasteiger partial charge in [0.15, 0.2) is 11.6 Å². The van der Waals surface area contributed by atoms with Gasteiger partial charge in [0.05, 0.1) is 23.7 Å². The first-order valence-corrected chi connectivity index (χ1v) is 12.1. The molecule has 2 atom stereocenters. The fourth-order valence-corrected chi connectivity index (χ4v) is 5.66. The summed E-state index contributed by atoms with van der Waals surface area (Å²) in [4.78, 5) is 26.0. The number of methoxy groups -OCH3 is 1. The second-order valence-corrected chi connectivity index (χ2v) is 9.71. The zero-order valence-electron chi connectivity index (χ0n) is 17.5. The molecule has 0 bridgehead atoms. The standard InChI is InChI=1S/C21H21Cl2FN2O6S/c1-31-21(28)17-11-13(32-18-8-3-2-7-16(18)24)12-26(17)19(27)9-10-25-33(29,30)20-14(22)5-4-6-15(20)23/h2-8,13,17,25H,9-12H2,1H3. The largest absolute Gasteiger partial charge is 0.485 e. The lowest BCUT2D eigenvalue weighted by atomic mass is 10.2. The van der Waals surface area contributed by atoms with E-state index in [0.717, 1.165) is 0 Å². The molecule has 1 heterocycles. The number of esters is 1. The molecule has 1 fully saturated rings. The van der Waals surface area contributed by atoms with Crippen molar-refractivity contribution in [3.8, 4) is 5.75 Å². The topological polar surface area (TPSA) is 102 Å². The number of amides is 1. The van der Waals surface area contributed by atoms with Gasteiger partial charge in [-0.25, -0.2) is 22.3 Å². The SMILES string of the molecule is COC(=O)C1CC(Oc2ccccc2F)CN1C(=O)CCNS(=O)(=O)c1c(Cl)cccc1Cl. The lowest BCUT2D eigenvalue weighted by molar-refractivity contribution is -0.150. The minimum absolute atomic E-state index is 0.00444. The Morgan fingerprint density at radius 2 is 1.82 bits per heavy atom. The van der Waals surface area contributed by atoms with Crippen molar-refractivity contribution in [3.63, 3.8) is 0 Å². The van der Waals surface area contributed by atoms with Crippen molar-refractivity contribution in [1.29, 1.82) is 0 Å². The molecule has 8 nitrogen and oxygen atoms in total. The van der Waals surface area contributed by atoms with E-state index in [9.17, 15) is 22.4 Å². The summed E-state index contributed by atoms with van der Waals surface area (Å²) < 4.78 is 51.7. The van der Waals surface area contributed by atoms with Gasteiger partial charge in [0.25, 0.3) is 0 Å². The second-order valence-electron chi connectivity index (χ2n) is 7.19. The van der Waals surface area contributed by atoms with Crippen molar-refractivity contribution < 1.29 is 31.9 Å². The van der Waals surface area contributed by atoms with Gasteiger partial charge in [-0.3, -0.25) is 4.79 Å². The molecule has 0 spiro atoms. The molecule has 0 radical (unpaired) electrons. The molecule has 1 aliphatic rings. The molecule has 178 valence electrons. The van der Waals surface area contributed by atoms with Gasteiger partial charge in [-0.15, -0.1) is 0 Å². The van der Waals surface area contributed by atoms with Gasteiger partial charge in [0, 0.05) is 19.4 Å². The number of carbonyl (C=O) groups excluding carboxylic acids is 2. The predicted octanol–water partition coefficient (Wildman–Crippen LogP) is 3.02. The molecule has 33 heavy (non-hydrogen) atoms. The zero-order valence-corrected chi connectivity index (χ0v) is 19.8. The van der Waals surface area contributed by atoms with Crippen LogP contribution >= 0.6 is 23.2 Å². The van der Waals surface area contributed by atoms with Crippen molar-refractivity contribution in [2.24, 2.45) is 0 Å². The Morgan fingerprint density at radius 3 is 2.45 bits per heavy atom. The summed E-state index contributed by atoms with van der Waals surface area (Å²) >= 11 is 11.9. The van der Waals surface area contributed by atoms with Gasteiger partial charge < -0.3 is 14.4 Å². The van der Waals surface area contributed by atoms with E-state index >= 15 is 0 Å². The molecule has 1 amide bonds. The van der Waals surface area contributed by atoms with E-state index in [2.05, 4.69) is 4.72 Å². The molecule has 2 unspecified atom stereocenters. The summed E-state index contributed by atoms with van der Waals surface area (Å²) in [7, 11) is -2.88. The number of hydrogen-bond acceptors (Lipinski definition) is 6. The fraction of sp³-hybridized carbons (Fsp3) is 0.333. The molecule has 0 saturated carbocycles. The van der Waals surface area contributed by atoms with Crippen LogP contribution in [0.5, 0.6) is 5.75 Å². The Hall–Kier alpha value is -2.40. The van der Waals surface area contributed by atoms with E-state index in [4.69, 9.17) is 32.7 Å². The third kappa shape index (κ3) is 5.94. The maximum absolute atomic E-state index is 13.9. The Balaban J connectivity index is 1.65. The summed E-state index contributed by atoms with van der Waals surface area (Å²) in [6, 6.07) is 9.14. The Morgan fingerprint density at radius 1 is 1.15 bits per heavy atom. The van der Waals surface area contributed by atoms with Crippen LogP contribution in [-0.4, -0.2) is 57.5 Å². The number of nitrogens with one attached hydrogen (secondary N) is 1. The van der Waals surface area contributed by atoms with E-state index in [0.29, 0.717) is 0 Å². The van der Waals surface area contributed by atoms with E-state index in [1.807, 2.05) is 0 Å². The number of nitrogens with zero attached hydrogens (tertiary/aromatic N) is 1. The number of ether oxygens (including phenoxy) is 2. The quantitative estimate of drug-likeness (QED) is 0.539. The zero-order chi connectivity index (χ0) is 24.2. The van der Waals surface area contributed by atoms with Gasteiger partial charge in [-0.2, -0.15) is 0 Å². The molecule has 0 aliphatic carbocycles. The molecule has 1 N–H and O–H groups in total. The molecule has 2 aromatic carbocycles. The van der Waals surface area contributed by atoms with E-state index in [-0.39, 0.29) is 46.6 Å². The van der Waals surface area contributed by atoms with Crippen LogP contribution in [0.2, 0.25) is 10.0 Å². The van der Waals surface area contributed by atoms with Gasteiger partial charge in [-0.1, -0.05) is 41.4 Å². The van der Waals surface area contributed by atoms with Crippen LogP contribution in [-0.2, 0) is 24.3 Å². The van der Waals surface area contributed by atoms with Crippen LogP contribution in [0.1, 0.15) is 12.8 Å². The predicted molar refractivity (Wildman–Crippen MR) is 119 cm³/mol. The highest BCUT2D eigenvalue weighted by Crippen LogP contribution is 2.29. The molecule has 2 aromatic rings. The monoisotopic (exact) mass is 518 g/mol. The van der Waals surface area contributed by atoms with Crippen molar-refractivity contribution in [3.05, 3.63) is 58.3 Å². The van der Waals surface area contributed by atoms with Crippen molar-refractivity contribution >= 4 is 45.1 Å². The van der Waals surface area contributed by atoms with E-state index in [1.54, 1.807) is 6.07 Å². The lowest BCUT2D eigenvalue weighted by Crippen LogP contribution is -2.42. The van der Waals surface area contributed by atoms with Crippen LogP contribution in [0.4, 0.5) is 4.39 Å². The normalized spacial score (nSPS) is 18.2. The minimum Gasteiger partial charge on any atom is -0.485 e. The summed E-state index contributed by atoms with van der Waals surface area (Å²) in [6.07, 6.45) is -0.789. The number of halogens is 3. The van der Waals surface area contributed by atoms with Crippen LogP contribution in [0.15, 0.2) is 47.4 Å². The first-order chi connectivity index (χ1) is 15.6. The fourth-order valence-electron chi connectivity index (χ4n) is 3.49. The third-order valence-electron chi connectivity index (χ3n) is 5.01. The summed E-state index contributed by atoms with van der Waals surface area (Å²) in [5.41, 5.74) is 0. The molecule has 1 saturated heterocycles.